The third-order valence-corrected chi connectivity index (χ3v) is 3.25. The molecule has 1 saturated heterocycles. The minimum absolute atomic E-state index is 0.893. The molecule has 1 fully saturated rings. The van der Waals surface area contributed by atoms with E-state index in [0.29, 0.717) is 0 Å². The van der Waals surface area contributed by atoms with Crippen LogP contribution in [0.5, 0.6) is 0 Å². The SMILES string of the molecule is CCNC(=NCCN1CCC(C)CC1)NCC. The van der Waals surface area contributed by atoms with Crippen LogP contribution in [0, 0.1) is 5.92 Å². The Hall–Kier alpha value is -0.770. The van der Waals surface area contributed by atoms with Crippen molar-refractivity contribution in [3.63, 3.8) is 0 Å². The van der Waals surface area contributed by atoms with Gasteiger partial charge in [-0.1, -0.05) is 6.92 Å². The third-order valence-electron chi connectivity index (χ3n) is 3.25. The van der Waals surface area contributed by atoms with Crippen LogP contribution in [0.15, 0.2) is 4.99 Å². The van der Waals surface area contributed by atoms with Gasteiger partial charge in [-0.3, -0.25) is 4.99 Å². The molecule has 1 heterocycles. The molecule has 1 rings (SSSR count). The normalized spacial score (nSPS) is 17.8. The first-order valence-electron chi connectivity index (χ1n) is 7.00. The molecule has 4 heteroatoms. The number of aliphatic imine (C=N–C) groups is 1. The maximum atomic E-state index is 4.57. The van der Waals surface area contributed by atoms with Gasteiger partial charge in [-0.05, 0) is 45.7 Å². The fourth-order valence-electron chi connectivity index (χ4n) is 2.10. The molecule has 0 spiro atoms. The van der Waals surface area contributed by atoms with Crippen LogP contribution in [0.1, 0.15) is 33.6 Å². The summed E-state index contributed by atoms with van der Waals surface area (Å²) < 4.78 is 0. The number of nitrogens with zero attached hydrogens (tertiary/aromatic N) is 2. The lowest BCUT2D eigenvalue weighted by Gasteiger charge is -2.29. The fourth-order valence-corrected chi connectivity index (χ4v) is 2.10. The highest BCUT2D eigenvalue weighted by atomic mass is 15.2. The van der Waals surface area contributed by atoms with E-state index < -0.39 is 0 Å². The van der Waals surface area contributed by atoms with Crippen molar-refractivity contribution in [2.45, 2.75) is 33.6 Å². The summed E-state index contributed by atoms with van der Waals surface area (Å²) in [6, 6.07) is 0. The summed E-state index contributed by atoms with van der Waals surface area (Å²) in [5.41, 5.74) is 0. The highest BCUT2D eigenvalue weighted by Gasteiger charge is 2.14. The summed E-state index contributed by atoms with van der Waals surface area (Å²) in [7, 11) is 0. The number of rotatable bonds is 5. The van der Waals surface area contributed by atoms with Gasteiger partial charge in [0.2, 0.25) is 0 Å². The van der Waals surface area contributed by atoms with Gasteiger partial charge in [-0.15, -0.1) is 0 Å². The number of likely N-dealkylation sites (tertiary alicyclic amines) is 1. The van der Waals surface area contributed by atoms with Crippen LogP contribution >= 0.6 is 0 Å². The van der Waals surface area contributed by atoms with E-state index in [1.54, 1.807) is 0 Å². The van der Waals surface area contributed by atoms with Crippen molar-refractivity contribution in [3.8, 4) is 0 Å². The molecule has 0 aromatic rings. The Morgan fingerprint density at radius 3 is 2.29 bits per heavy atom. The molecule has 0 aliphatic carbocycles. The first kappa shape index (κ1) is 14.3. The van der Waals surface area contributed by atoms with E-state index in [2.05, 4.69) is 41.3 Å². The van der Waals surface area contributed by atoms with Gasteiger partial charge in [0.1, 0.15) is 0 Å². The Labute approximate surface area is 106 Å². The van der Waals surface area contributed by atoms with Gasteiger partial charge < -0.3 is 15.5 Å². The van der Waals surface area contributed by atoms with Crippen molar-refractivity contribution in [2.75, 3.05) is 39.3 Å². The Morgan fingerprint density at radius 1 is 1.18 bits per heavy atom. The van der Waals surface area contributed by atoms with Gasteiger partial charge in [0.15, 0.2) is 5.96 Å². The minimum atomic E-state index is 0.893. The van der Waals surface area contributed by atoms with Crippen LogP contribution in [0.3, 0.4) is 0 Å². The van der Waals surface area contributed by atoms with Crippen molar-refractivity contribution < 1.29 is 0 Å². The van der Waals surface area contributed by atoms with E-state index in [-0.39, 0.29) is 0 Å². The largest absolute Gasteiger partial charge is 0.357 e. The number of hydrogen-bond acceptors (Lipinski definition) is 2. The minimum Gasteiger partial charge on any atom is -0.357 e. The first-order valence-corrected chi connectivity index (χ1v) is 7.00. The van der Waals surface area contributed by atoms with E-state index in [1.807, 2.05) is 0 Å². The second-order valence-corrected chi connectivity index (χ2v) is 4.82. The maximum Gasteiger partial charge on any atom is 0.191 e. The van der Waals surface area contributed by atoms with Crippen molar-refractivity contribution in [2.24, 2.45) is 10.9 Å². The van der Waals surface area contributed by atoms with E-state index in [0.717, 1.165) is 38.1 Å². The highest BCUT2D eigenvalue weighted by molar-refractivity contribution is 5.79. The zero-order valence-corrected chi connectivity index (χ0v) is 11.6. The molecular weight excluding hydrogens is 212 g/mol. The van der Waals surface area contributed by atoms with Crippen molar-refractivity contribution in [3.05, 3.63) is 0 Å². The third kappa shape index (κ3) is 5.91. The fraction of sp³-hybridized carbons (Fsp3) is 0.923. The van der Waals surface area contributed by atoms with Crippen LogP contribution in [-0.2, 0) is 0 Å². The van der Waals surface area contributed by atoms with Crippen LogP contribution in [0.2, 0.25) is 0 Å². The van der Waals surface area contributed by atoms with Crippen LogP contribution in [0.25, 0.3) is 0 Å². The van der Waals surface area contributed by atoms with Crippen molar-refractivity contribution in [1.29, 1.82) is 0 Å². The van der Waals surface area contributed by atoms with Crippen molar-refractivity contribution in [1.82, 2.24) is 15.5 Å². The highest BCUT2D eigenvalue weighted by Crippen LogP contribution is 2.15. The quantitative estimate of drug-likeness (QED) is 0.562. The lowest BCUT2D eigenvalue weighted by Crippen LogP contribution is -2.38. The molecule has 17 heavy (non-hydrogen) atoms. The molecule has 1 aliphatic rings. The van der Waals surface area contributed by atoms with E-state index in [1.165, 1.54) is 25.9 Å². The Bertz CT molecular complexity index is 211. The number of piperidine rings is 1. The Kier molecular flexibility index (Phi) is 7.01. The molecule has 0 unspecified atom stereocenters. The predicted octanol–water partition coefficient (Wildman–Crippen LogP) is 1.29. The van der Waals surface area contributed by atoms with Crippen LogP contribution < -0.4 is 10.6 Å². The summed E-state index contributed by atoms with van der Waals surface area (Å²) in [6.07, 6.45) is 2.69. The van der Waals surface area contributed by atoms with E-state index in [4.69, 9.17) is 0 Å². The summed E-state index contributed by atoms with van der Waals surface area (Å²) in [6.45, 7) is 12.9. The van der Waals surface area contributed by atoms with Gasteiger partial charge in [0.05, 0.1) is 6.54 Å². The molecule has 4 nitrogen and oxygen atoms in total. The molecule has 0 aromatic carbocycles. The molecular formula is C13H28N4. The summed E-state index contributed by atoms with van der Waals surface area (Å²) in [4.78, 5) is 7.10. The molecule has 0 radical (unpaired) electrons. The van der Waals surface area contributed by atoms with Gasteiger partial charge in [-0.25, -0.2) is 0 Å². The molecule has 2 N–H and O–H groups in total. The second kappa shape index (κ2) is 8.34. The zero-order chi connectivity index (χ0) is 12.5. The molecule has 100 valence electrons. The molecule has 1 aliphatic heterocycles. The topological polar surface area (TPSA) is 39.7 Å². The maximum absolute atomic E-state index is 4.57. The monoisotopic (exact) mass is 240 g/mol. The molecule has 0 amide bonds. The number of nitrogens with one attached hydrogen (secondary N) is 2. The summed E-state index contributed by atoms with van der Waals surface area (Å²) in [5.74, 6) is 1.86. The summed E-state index contributed by atoms with van der Waals surface area (Å²) >= 11 is 0. The van der Waals surface area contributed by atoms with Gasteiger partial charge in [0, 0.05) is 19.6 Å². The van der Waals surface area contributed by atoms with Crippen LogP contribution in [-0.4, -0.2) is 50.1 Å². The molecule has 0 saturated carbocycles. The van der Waals surface area contributed by atoms with Gasteiger partial charge in [0.25, 0.3) is 0 Å². The van der Waals surface area contributed by atoms with Gasteiger partial charge in [-0.2, -0.15) is 0 Å². The van der Waals surface area contributed by atoms with Crippen LogP contribution in [0.4, 0.5) is 0 Å². The average molecular weight is 240 g/mol. The smallest absolute Gasteiger partial charge is 0.191 e. The second-order valence-electron chi connectivity index (χ2n) is 4.82. The molecule has 0 aromatic heterocycles. The molecule has 0 bridgehead atoms. The standard InChI is InChI=1S/C13H28N4/c1-4-14-13(15-5-2)16-8-11-17-9-6-12(3)7-10-17/h12H,4-11H2,1-3H3,(H2,14,15,16). The van der Waals surface area contributed by atoms with Crippen molar-refractivity contribution >= 4 is 5.96 Å². The van der Waals surface area contributed by atoms with E-state index >= 15 is 0 Å². The Morgan fingerprint density at radius 2 is 1.76 bits per heavy atom. The first-order chi connectivity index (χ1) is 8.26. The lowest BCUT2D eigenvalue weighted by molar-refractivity contribution is 0.197. The Balaban J connectivity index is 2.21. The number of hydrogen-bond donors (Lipinski definition) is 2. The van der Waals surface area contributed by atoms with E-state index in [9.17, 15) is 0 Å². The number of guanidine groups is 1. The van der Waals surface area contributed by atoms with Gasteiger partial charge >= 0.3 is 0 Å². The summed E-state index contributed by atoms with van der Waals surface area (Å²) in [5, 5.41) is 6.50. The average Bonchev–Trinajstić information content (AvgIpc) is 2.32. The zero-order valence-electron chi connectivity index (χ0n) is 11.6. The lowest BCUT2D eigenvalue weighted by atomic mass is 9.99. The molecule has 0 atom stereocenters. The predicted molar refractivity (Wildman–Crippen MR) is 74.5 cm³/mol.